The van der Waals surface area contributed by atoms with Crippen molar-refractivity contribution in [3.8, 4) is 0 Å². The minimum atomic E-state index is -4.50. The number of nitrogens with one attached hydrogen (secondary N) is 1. The lowest BCUT2D eigenvalue weighted by molar-refractivity contribution is -0.130. The highest BCUT2D eigenvalue weighted by Crippen LogP contribution is 2.31. The Morgan fingerprint density at radius 3 is 2.61 bits per heavy atom. The molecule has 1 atom stereocenters. The lowest BCUT2D eigenvalue weighted by Crippen LogP contribution is -2.38. The molecule has 1 N–H and O–H groups in total. The molecular formula is C14H19F3N2O3S. The van der Waals surface area contributed by atoms with Gasteiger partial charge in [-0.05, 0) is 30.4 Å². The van der Waals surface area contributed by atoms with E-state index in [9.17, 15) is 21.6 Å². The SMILES string of the molecule is O=S(=O)(CCC(F)(F)F)N[C@@H](c1cccnc1)C1CCOCC1. The van der Waals surface area contributed by atoms with Crippen LogP contribution in [0.4, 0.5) is 13.2 Å². The highest BCUT2D eigenvalue weighted by Gasteiger charge is 2.33. The Kier molecular flexibility index (Phi) is 5.99. The Morgan fingerprint density at radius 2 is 2.04 bits per heavy atom. The van der Waals surface area contributed by atoms with Gasteiger partial charge in [0.15, 0.2) is 0 Å². The van der Waals surface area contributed by atoms with Gasteiger partial charge in [0, 0.05) is 25.6 Å². The Bertz CT molecular complexity index is 587. The fraction of sp³-hybridized carbons (Fsp3) is 0.643. The van der Waals surface area contributed by atoms with Crippen molar-refractivity contribution in [1.29, 1.82) is 0 Å². The second-order valence-electron chi connectivity index (χ2n) is 5.52. The lowest BCUT2D eigenvalue weighted by Gasteiger charge is -2.31. The number of sulfonamides is 1. The molecule has 0 spiro atoms. The van der Waals surface area contributed by atoms with Crippen LogP contribution in [0.3, 0.4) is 0 Å². The maximum atomic E-state index is 12.3. The first-order chi connectivity index (χ1) is 10.8. The van der Waals surface area contributed by atoms with E-state index in [-0.39, 0.29) is 5.92 Å². The first kappa shape index (κ1) is 18.2. The molecule has 2 rings (SSSR count). The van der Waals surface area contributed by atoms with E-state index >= 15 is 0 Å². The third kappa shape index (κ3) is 6.08. The zero-order chi connectivity index (χ0) is 16.9. The summed E-state index contributed by atoms with van der Waals surface area (Å²) in [4.78, 5) is 3.97. The number of ether oxygens (including phenoxy) is 1. The van der Waals surface area contributed by atoms with E-state index in [0.717, 1.165) is 0 Å². The number of nitrogens with zero attached hydrogens (tertiary/aromatic N) is 1. The standard InChI is InChI=1S/C14H19F3N2O3S/c15-14(16,17)5-9-23(20,21)19-13(11-3-7-22-8-4-11)12-2-1-6-18-10-12/h1-2,6,10-11,13,19H,3-5,7-9H2/t13-/m1/s1. The van der Waals surface area contributed by atoms with E-state index in [1.165, 1.54) is 6.20 Å². The van der Waals surface area contributed by atoms with Crippen molar-refractivity contribution >= 4 is 10.0 Å². The zero-order valence-electron chi connectivity index (χ0n) is 12.4. The predicted octanol–water partition coefficient (Wildman–Crippen LogP) is 2.42. The van der Waals surface area contributed by atoms with Crippen LogP contribution >= 0.6 is 0 Å². The molecule has 1 aliphatic rings. The molecule has 1 fully saturated rings. The number of aromatic nitrogens is 1. The fourth-order valence-electron chi connectivity index (χ4n) is 2.55. The quantitative estimate of drug-likeness (QED) is 0.854. The summed E-state index contributed by atoms with van der Waals surface area (Å²) in [5.41, 5.74) is 0.648. The fourth-order valence-corrected chi connectivity index (χ4v) is 3.88. The van der Waals surface area contributed by atoms with Crippen LogP contribution in [0, 0.1) is 5.92 Å². The van der Waals surface area contributed by atoms with Crippen molar-refractivity contribution in [1.82, 2.24) is 9.71 Å². The maximum absolute atomic E-state index is 12.3. The predicted molar refractivity (Wildman–Crippen MR) is 78.1 cm³/mol. The number of pyridine rings is 1. The van der Waals surface area contributed by atoms with Crippen LogP contribution in [0.2, 0.25) is 0 Å². The summed E-state index contributed by atoms with van der Waals surface area (Å²) < 4.78 is 68.6. The summed E-state index contributed by atoms with van der Waals surface area (Å²) in [6.07, 6.45) is -1.50. The molecule has 9 heteroatoms. The molecule has 1 aromatic heterocycles. The highest BCUT2D eigenvalue weighted by molar-refractivity contribution is 7.89. The Hall–Kier alpha value is -1.19. The van der Waals surface area contributed by atoms with Crippen molar-refractivity contribution in [3.05, 3.63) is 30.1 Å². The van der Waals surface area contributed by atoms with E-state index in [4.69, 9.17) is 4.74 Å². The summed E-state index contributed by atoms with van der Waals surface area (Å²) in [5, 5.41) is 0. The Morgan fingerprint density at radius 1 is 1.35 bits per heavy atom. The van der Waals surface area contributed by atoms with Crippen molar-refractivity contribution in [2.75, 3.05) is 19.0 Å². The molecule has 1 saturated heterocycles. The van der Waals surface area contributed by atoms with Crippen LogP contribution in [-0.2, 0) is 14.8 Å². The molecule has 0 radical (unpaired) electrons. The molecule has 0 aliphatic carbocycles. The van der Waals surface area contributed by atoms with Gasteiger partial charge in [-0.1, -0.05) is 6.07 Å². The van der Waals surface area contributed by atoms with Gasteiger partial charge in [-0.15, -0.1) is 0 Å². The molecule has 0 bridgehead atoms. The van der Waals surface area contributed by atoms with Crippen LogP contribution in [0.15, 0.2) is 24.5 Å². The number of halogens is 3. The molecule has 5 nitrogen and oxygen atoms in total. The van der Waals surface area contributed by atoms with E-state index < -0.39 is 34.4 Å². The minimum absolute atomic E-state index is 0.0337. The van der Waals surface area contributed by atoms with Crippen LogP contribution in [0.5, 0.6) is 0 Å². The van der Waals surface area contributed by atoms with E-state index in [2.05, 4.69) is 9.71 Å². The molecule has 2 heterocycles. The van der Waals surface area contributed by atoms with Crippen LogP contribution in [0.25, 0.3) is 0 Å². The van der Waals surface area contributed by atoms with Gasteiger partial charge >= 0.3 is 6.18 Å². The van der Waals surface area contributed by atoms with Crippen LogP contribution in [-0.4, -0.2) is 38.5 Å². The molecule has 130 valence electrons. The molecule has 1 aliphatic heterocycles. The van der Waals surface area contributed by atoms with Gasteiger partial charge in [0.05, 0.1) is 18.2 Å². The topological polar surface area (TPSA) is 68.3 Å². The molecule has 23 heavy (non-hydrogen) atoms. The summed E-state index contributed by atoms with van der Waals surface area (Å²) in [6.45, 7) is 1.01. The van der Waals surface area contributed by atoms with Crippen LogP contribution in [0.1, 0.15) is 30.9 Å². The largest absolute Gasteiger partial charge is 0.390 e. The summed E-state index contributed by atoms with van der Waals surface area (Å²) in [5.74, 6) is -1.01. The van der Waals surface area contributed by atoms with Gasteiger partial charge in [0.25, 0.3) is 0 Å². The molecular weight excluding hydrogens is 333 g/mol. The molecule has 1 aromatic rings. The van der Waals surface area contributed by atoms with Gasteiger partial charge in [-0.25, -0.2) is 13.1 Å². The smallest absolute Gasteiger partial charge is 0.381 e. The first-order valence-corrected chi connectivity index (χ1v) is 8.96. The van der Waals surface area contributed by atoms with Gasteiger partial charge in [-0.2, -0.15) is 13.2 Å². The van der Waals surface area contributed by atoms with Crippen molar-refractivity contribution in [2.45, 2.75) is 31.5 Å². The molecule has 0 amide bonds. The van der Waals surface area contributed by atoms with Gasteiger partial charge < -0.3 is 4.74 Å². The molecule has 0 aromatic carbocycles. The van der Waals surface area contributed by atoms with Gasteiger partial charge in [0.2, 0.25) is 10.0 Å². The second-order valence-corrected chi connectivity index (χ2v) is 7.39. The number of hydrogen-bond donors (Lipinski definition) is 1. The lowest BCUT2D eigenvalue weighted by atomic mass is 9.88. The average molecular weight is 352 g/mol. The number of alkyl halides is 3. The van der Waals surface area contributed by atoms with Crippen molar-refractivity contribution < 1.29 is 26.3 Å². The van der Waals surface area contributed by atoms with Crippen LogP contribution < -0.4 is 4.72 Å². The van der Waals surface area contributed by atoms with E-state index in [1.807, 2.05) is 0 Å². The molecule has 0 saturated carbocycles. The monoisotopic (exact) mass is 352 g/mol. The van der Waals surface area contributed by atoms with Gasteiger partial charge in [0.1, 0.15) is 0 Å². The van der Waals surface area contributed by atoms with E-state index in [0.29, 0.717) is 31.6 Å². The zero-order valence-corrected chi connectivity index (χ0v) is 13.2. The summed E-state index contributed by atoms with van der Waals surface area (Å²) in [7, 11) is -4.05. The number of hydrogen-bond acceptors (Lipinski definition) is 4. The van der Waals surface area contributed by atoms with Gasteiger partial charge in [-0.3, -0.25) is 4.98 Å². The minimum Gasteiger partial charge on any atom is -0.381 e. The maximum Gasteiger partial charge on any atom is 0.390 e. The third-order valence-corrected chi connectivity index (χ3v) is 5.10. The first-order valence-electron chi connectivity index (χ1n) is 7.31. The van der Waals surface area contributed by atoms with E-state index in [1.54, 1.807) is 18.3 Å². The Labute approximate surface area is 133 Å². The van der Waals surface area contributed by atoms with Crippen molar-refractivity contribution in [3.63, 3.8) is 0 Å². The molecule has 0 unspecified atom stereocenters. The summed E-state index contributed by atoms with van der Waals surface area (Å²) in [6, 6.07) is 2.80. The summed E-state index contributed by atoms with van der Waals surface area (Å²) >= 11 is 0. The highest BCUT2D eigenvalue weighted by atomic mass is 32.2. The normalized spacial score (nSPS) is 18.7. The Balaban J connectivity index is 2.14. The third-order valence-electron chi connectivity index (χ3n) is 3.74. The average Bonchev–Trinajstić information content (AvgIpc) is 2.52. The second kappa shape index (κ2) is 7.59. The number of rotatable bonds is 6. The van der Waals surface area contributed by atoms with Crippen molar-refractivity contribution in [2.24, 2.45) is 5.92 Å².